The standard InChI is InChI=1S/C15H19N5O3/c1-9-7-11(18-22-9)8-20-6-2-3-12(20)15-17-13(19-23-15)14(21)16-10-4-5-10/h7,10,12H,2-6,8H2,1H3,(H,16,21)/t12-/m0/s1. The van der Waals surface area contributed by atoms with Gasteiger partial charge in [0, 0.05) is 18.7 Å². The molecule has 0 bridgehead atoms. The van der Waals surface area contributed by atoms with Crippen LogP contribution in [0, 0.1) is 6.92 Å². The van der Waals surface area contributed by atoms with Gasteiger partial charge in [-0.1, -0.05) is 10.3 Å². The molecule has 0 aromatic carbocycles. The van der Waals surface area contributed by atoms with Crippen molar-refractivity contribution in [1.82, 2.24) is 25.5 Å². The van der Waals surface area contributed by atoms with Crippen molar-refractivity contribution in [1.29, 1.82) is 0 Å². The molecule has 1 aliphatic heterocycles. The van der Waals surface area contributed by atoms with Crippen molar-refractivity contribution in [2.75, 3.05) is 6.54 Å². The molecule has 1 aliphatic carbocycles. The fourth-order valence-corrected chi connectivity index (χ4v) is 2.94. The fraction of sp³-hybridized carbons (Fsp3) is 0.600. The Morgan fingerprint density at radius 2 is 2.22 bits per heavy atom. The molecule has 2 fully saturated rings. The molecule has 2 aliphatic rings. The Labute approximate surface area is 133 Å². The summed E-state index contributed by atoms with van der Waals surface area (Å²) < 4.78 is 10.5. The number of amides is 1. The van der Waals surface area contributed by atoms with Crippen LogP contribution in [-0.2, 0) is 6.54 Å². The molecule has 1 atom stereocenters. The van der Waals surface area contributed by atoms with Crippen LogP contribution >= 0.6 is 0 Å². The predicted octanol–water partition coefficient (Wildman–Crippen LogP) is 1.60. The molecule has 1 amide bonds. The minimum atomic E-state index is -0.251. The fourth-order valence-electron chi connectivity index (χ4n) is 2.94. The highest BCUT2D eigenvalue weighted by atomic mass is 16.5. The topological polar surface area (TPSA) is 97.3 Å². The first-order valence-corrected chi connectivity index (χ1v) is 8.00. The maximum atomic E-state index is 12.0. The number of nitrogens with one attached hydrogen (secondary N) is 1. The minimum absolute atomic E-state index is 0.0296. The van der Waals surface area contributed by atoms with Gasteiger partial charge in [0.1, 0.15) is 5.76 Å². The minimum Gasteiger partial charge on any atom is -0.361 e. The van der Waals surface area contributed by atoms with E-state index in [1.165, 1.54) is 0 Å². The lowest BCUT2D eigenvalue weighted by atomic mass is 10.2. The van der Waals surface area contributed by atoms with Crippen LogP contribution in [0.25, 0.3) is 0 Å². The molecule has 122 valence electrons. The van der Waals surface area contributed by atoms with Gasteiger partial charge in [-0.3, -0.25) is 9.69 Å². The Kier molecular flexibility index (Phi) is 3.60. The van der Waals surface area contributed by atoms with Gasteiger partial charge in [-0.15, -0.1) is 0 Å². The number of aryl methyl sites for hydroxylation is 1. The van der Waals surface area contributed by atoms with Gasteiger partial charge in [-0.25, -0.2) is 0 Å². The molecule has 2 aromatic rings. The van der Waals surface area contributed by atoms with Crippen molar-refractivity contribution < 1.29 is 13.8 Å². The third kappa shape index (κ3) is 3.12. The van der Waals surface area contributed by atoms with Crippen molar-refractivity contribution in [2.24, 2.45) is 0 Å². The third-order valence-corrected chi connectivity index (χ3v) is 4.25. The van der Waals surface area contributed by atoms with E-state index in [-0.39, 0.29) is 23.8 Å². The number of hydrogen-bond donors (Lipinski definition) is 1. The average molecular weight is 317 g/mol. The van der Waals surface area contributed by atoms with Crippen LogP contribution in [0.1, 0.15) is 59.7 Å². The summed E-state index contributed by atoms with van der Waals surface area (Å²) in [5.74, 6) is 1.17. The molecule has 2 aromatic heterocycles. The first-order chi connectivity index (χ1) is 11.2. The van der Waals surface area contributed by atoms with E-state index in [0.717, 1.165) is 43.7 Å². The average Bonchev–Trinajstić information content (AvgIpc) is 2.96. The summed E-state index contributed by atoms with van der Waals surface area (Å²) in [6, 6.07) is 2.24. The predicted molar refractivity (Wildman–Crippen MR) is 78.4 cm³/mol. The van der Waals surface area contributed by atoms with E-state index < -0.39 is 0 Å². The summed E-state index contributed by atoms with van der Waals surface area (Å²) in [6.07, 6.45) is 4.05. The molecular weight excluding hydrogens is 298 g/mol. The van der Waals surface area contributed by atoms with E-state index in [9.17, 15) is 4.79 Å². The summed E-state index contributed by atoms with van der Waals surface area (Å²) >= 11 is 0. The Balaban J connectivity index is 1.45. The molecule has 23 heavy (non-hydrogen) atoms. The molecule has 0 spiro atoms. The monoisotopic (exact) mass is 317 g/mol. The lowest BCUT2D eigenvalue weighted by molar-refractivity contribution is 0.0937. The Morgan fingerprint density at radius 1 is 1.35 bits per heavy atom. The summed E-state index contributed by atoms with van der Waals surface area (Å²) in [4.78, 5) is 18.5. The van der Waals surface area contributed by atoms with Crippen LogP contribution < -0.4 is 5.32 Å². The summed E-state index contributed by atoms with van der Waals surface area (Å²) in [6.45, 7) is 3.48. The Morgan fingerprint density at radius 3 is 2.96 bits per heavy atom. The molecule has 8 heteroatoms. The van der Waals surface area contributed by atoms with E-state index in [4.69, 9.17) is 9.05 Å². The zero-order valence-electron chi connectivity index (χ0n) is 13.0. The summed E-state index contributed by atoms with van der Waals surface area (Å²) in [5, 5.41) is 10.7. The van der Waals surface area contributed by atoms with E-state index in [2.05, 4.69) is 25.5 Å². The van der Waals surface area contributed by atoms with Crippen molar-refractivity contribution in [3.63, 3.8) is 0 Å². The zero-order valence-corrected chi connectivity index (χ0v) is 13.0. The van der Waals surface area contributed by atoms with Crippen LogP contribution in [0.3, 0.4) is 0 Å². The van der Waals surface area contributed by atoms with Crippen molar-refractivity contribution in [3.8, 4) is 0 Å². The number of carbonyl (C=O) groups is 1. The molecule has 0 unspecified atom stereocenters. The molecule has 1 N–H and O–H groups in total. The second kappa shape index (κ2) is 5.77. The first kappa shape index (κ1) is 14.4. The van der Waals surface area contributed by atoms with Gasteiger partial charge in [0.25, 0.3) is 11.7 Å². The van der Waals surface area contributed by atoms with Crippen molar-refractivity contribution in [2.45, 2.75) is 51.2 Å². The molecule has 4 rings (SSSR count). The van der Waals surface area contributed by atoms with Gasteiger partial charge in [0.15, 0.2) is 0 Å². The number of carbonyl (C=O) groups excluding carboxylic acids is 1. The quantitative estimate of drug-likeness (QED) is 0.894. The largest absolute Gasteiger partial charge is 0.361 e. The summed E-state index contributed by atoms with van der Waals surface area (Å²) in [7, 11) is 0. The lowest BCUT2D eigenvalue weighted by Crippen LogP contribution is -2.27. The normalized spacial score (nSPS) is 21.7. The van der Waals surface area contributed by atoms with Crippen LogP contribution in [0.5, 0.6) is 0 Å². The highest BCUT2D eigenvalue weighted by molar-refractivity contribution is 5.90. The SMILES string of the molecule is Cc1cc(CN2CCC[C@H]2c2nc(C(=O)NC3CC3)no2)no1. The van der Waals surface area contributed by atoms with Crippen LogP contribution in [-0.4, -0.2) is 38.7 Å². The Bertz CT molecular complexity index is 706. The van der Waals surface area contributed by atoms with Gasteiger partial charge in [-0.2, -0.15) is 4.98 Å². The van der Waals surface area contributed by atoms with Crippen LogP contribution in [0.4, 0.5) is 0 Å². The van der Waals surface area contributed by atoms with Gasteiger partial charge >= 0.3 is 0 Å². The Hall–Kier alpha value is -2.22. The maximum absolute atomic E-state index is 12.0. The van der Waals surface area contributed by atoms with Gasteiger partial charge in [-0.05, 0) is 39.2 Å². The highest BCUT2D eigenvalue weighted by Crippen LogP contribution is 2.32. The molecule has 1 saturated carbocycles. The molecule has 3 heterocycles. The number of rotatable bonds is 5. The molecule has 0 radical (unpaired) electrons. The highest BCUT2D eigenvalue weighted by Gasteiger charge is 2.33. The van der Waals surface area contributed by atoms with E-state index in [1.54, 1.807) is 0 Å². The smallest absolute Gasteiger partial charge is 0.292 e. The second-order valence-electron chi connectivity index (χ2n) is 6.26. The molecular formula is C15H19N5O3. The van der Waals surface area contributed by atoms with E-state index in [0.29, 0.717) is 12.4 Å². The third-order valence-electron chi connectivity index (χ3n) is 4.25. The van der Waals surface area contributed by atoms with Crippen molar-refractivity contribution in [3.05, 3.63) is 29.2 Å². The van der Waals surface area contributed by atoms with E-state index >= 15 is 0 Å². The number of nitrogens with zero attached hydrogens (tertiary/aromatic N) is 4. The molecule has 1 saturated heterocycles. The number of aromatic nitrogens is 3. The van der Waals surface area contributed by atoms with Gasteiger partial charge in [0.2, 0.25) is 5.89 Å². The van der Waals surface area contributed by atoms with Crippen LogP contribution in [0.2, 0.25) is 0 Å². The van der Waals surface area contributed by atoms with Gasteiger partial charge in [0.05, 0.1) is 11.7 Å². The summed E-state index contributed by atoms with van der Waals surface area (Å²) in [5.41, 5.74) is 0.889. The number of hydrogen-bond acceptors (Lipinski definition) is 7. The van der Waals surface area contributed by atoms with Crippen LogP contribution in [0.15, 0.2) is 15.1 Å². The lowest BCUT2D eigenvalue weighted by Gasteiger charge is -2.19. The first-order valence-electron chi connectivity index (χ1n) is 8.00. The number of likely N-dealkylation sites (tertiary alicyclic amines) is 1. The van der Waals surface area contributed by atoms with E-state index in [1.807, 2.05) is 13.0 Å². The second-order valence-corrected chi connectivity index (χ2v) is 6.26. The zero-order chi connectivity index (χ0) is 15.8. The molecule has 8 nitrogen and oxygen atoms in total. The van der Waals surface area contributed by atoms with Gasteiger partial charge < -0.3 is 14.4 Å². The maximum Gasteiger partial charge on any atom is 0.292 e. The van der Waals surface area contributed by atoms with Crippen molar-refractivity contribution >= 4 is 5.91 Å².